The van der Waals surface area contributed by atoms with Gasteiger partial charge >= 0.3 is 6.18 Å². The molecule has 0 saturated heterocycles. The minimum Gasteiger partial charge on any atom is -0.382 e. The number of alkyl halides is 3. The summed E-state index contributed by atoms with van der Waals surface area (Å²) in [6, 6.07) is 0. The summed E-state index contributed by atoms with van der Waals surface area (Å²) in [5.74, 6) is -0.825. The van der Waals surface area contributed by atoms with Crippen LogP contribution in [0.25, 0.3) is 0 Å². The van der Waals surface area contributed by atoms with Crippen LogP contribution in [-0.2, 0) is 9.63 Å². The van der Waals surface area contributed by atoms with E-state index in [0.717, 1.165) is 0 Å². The molecular formula is C5H9F3N2O3. The second-order valence-electron chi connectivity index (χ2n) is 2.16. The van der Waals surface area contributed by atoms with E-state index in [4.69, 9.17) is 5.11 Å². The van der Waals surface area contributed by atoms with Crippen molar-refractivity contribution in [3.63, 3.8) is 0 Å². The summed E-state index contributed by atoms with van der Waals surface area (Å²) in [4.78, 5) is 14.2. The quantitative estimate of drug-likeness (QED) is 0.391. The van der Waals surface area contributed by atoms with Gasteiger partial charge in [-0.25, -0.2) is 0 Å². The Morgan fingerprint density at radius 2 is 2.15 bits per heavy atom. The first kappa shape index (κ1) is 12.1. The monoisotopic (exact) mass is 202 g/mol. The summed E-state index contributed by atoms with van der Waals surface area (Å²) < 4.78 is 34.8. The van der Waals surface area contributed by atoms with Crippen LogP contribution in [0.2, 0.25) is 0 Å². The molecule has 13 heavy (non-hydrogen) atoms. The topological polar surface area (TPSA) is 84.6 Å². The zero-order valence-electron chi connectivity index (χ0n) is 6.47. The minimum absolute atomic E-state index is 0.551. The van der Waals surface area contributed by atoms with Crippen molar-refractivity contribution in [1.29, 1.82) is 0 Å². The number of aliphatic hydroxyl groups excluding tert-OH is 1. The number of aliphatic hydroxyl groups is 1. The van der Waals surface area contributed by atoms with Crippen LogP contribution >= 0.6 is 0 Å². The van der Waals surface area contributed by atoms with Gasteiger partial charge in [0, 0.05) is 0 Å². The van der Waals surface area contributed by atoms with Gasteiger partial charge in [0.25, 0.3) is 0 Å². The van der Waals surface area contributed by atoms with Crippen LogP contribution < -0.4 is 11.2 Å². The normalized spacial score (nSPS) is 14.2. The van der Waals surface area contributed by atoms with E-state index >= 15 is 0 Å². The van der Waals surface area contributed by atoms with Crippen molar-refractivity contribution in [2.24, 2.45) is 5.73 Å². The molecular weight excluding hydrogens is 193 g/mol. The highest BCUT2D eigenvalue weighted by Crippen LogP contribution is 2.18. The fourth-order valence-corrected chi connectivity index (χ4v) is 0.376. The lowest BCUT2D eigenvalue weighted by molar-refractivity contribution is -0.207. The molecule has 0 rings (SSSR count). The molecule has 1 unspecified atom stereocenters. The van der Waals surface area contributed by atoms with Crippen molar-refractivity contribution in [1.82, 2.24) is 5.48 Å². The van der Waals surface area contributed by atoms with E-state index in [2.05, 4.69) is 10.6 Å². The zero-order chi connectivity index (χ0) is 10.5. The molecule has 4 N–H and O–H groups in total. The third kappa shape index (κ3) is 6.31. The van der Waals surface area contributed by atoms with E-state index < -0.39 is 31.3 Å². The molecule has 1 atom stereocenters. The molecule has 0 bridgehead atoms. The Kier molecular flexibility index (Phi) is 4.67. The van der Waals surface area contributed by atoms with Gasteiger partial charge in [-0.3, -0.25) is 9.63 Å². The Balaban J connectivity index is 3.49. The molecule has 0 saturated carbocycles. The molecule has 1 amide bonds. The van der Waals surface area contributed by atoms with Gasteiger partial charge in [0.1, 0.15) is 6.61 Å². The Hall–Kier alpha value is -0.860. The second kappa shape index (κ2) is 5.00. The van der Waals surface area contributed by atoms with Gasteiger partial charge in [0.05, 0.1) is 6.54 Å². The van der Waals surface area contributed by atoms with Crippen molar-refractivity contribution in [3.8, 4) is 0 Å². The molecule has 0 fully saturated rings. The van der Waals surface area contributed by atoms with Crippen LogP contribution in [0.15, 0.2) is 0 Å². The lowest BCUT2D eigenvalue weighted by Gasteiger charge is -2.14. The van der Waals surface area contributed by atoms with Crippen LogP contribution in [0.3, 0.4) is 0 Å². The number of primary amides is 1. The SMILES string of the molecule is NC(=O)CONCC(O)C(F)(F)F. The summed E-state index contributed by atoms with van der Waals surface area (Å²) in [6.07, 6.45) is -7.23. The highest BCUT2D eigenvalue weighted by atomic mass is 19.4. The van der Waals surface area contributed by atoms with E-state index in [-0.39, 0.29) is 0 Å². The summed E-state index contributed by atoms with van der Waals surface area (Å²) in [5.41, 5.74) is 6.36. The maximum atomic E-state index is 11.6. The van der Waals surface area contributed by atoms with Gasteiger partial charge in [0.2, 0.25) is 5.91 Å². The highest BCUT2D eigenvalue weighted by Gasteiger charge is 2.37. The van der Waals surface area contributed by atoms with Crippen molar-refractivity contribution >= 4 is 5.91 Å². The Morgan fingerprint density at radius 3 is 2.54 bits per heavy atom. The largest absolute Gasteiger partial charge is 0.415 e. The Bertz CT molecular complexity index is 173. The standard InChI is InChI=1S/C5H9F3N2O3/c6-5(7,8)3(11)1-10-13-2-4(9)12/h3,10-11H,1-2H2,(H2,9,12). The molecule has 0 spiro atoms. The number of hydrogen-bond donors (Lipinski definition) is 3. The molecule has 5 nitrogen and oxygen atoms in total. The van der Waals surface area contributed by atoms with Gasteiger partial charge in [-0.1, -0.05) is 0 Å². The fourth-order valence-electron chi connectivity index (χ4n) is 0.376. The number of amides is 1. The molecule has 0 radical (unpaired) electrons. The maximum Gasteiger partial charge on any atom is 0.415 e. The summed E-state index contributed by atoms with van der Waals surface area (Å²) >= 11 is 0. The van der Waals surface area contributed by atoms with Crippen LogP contribution in [-0.4, -0.2) is 36.4 Å². The molecule has 0 aromatic heterocycles. The second-order valence-corrected chi connectivity index (χ2v) is 2.16. The molecule has 0 aromatic rings. The number of nitrogens with two attached hydrogens (primary N) is 1. The Labute approximate surface area is 71.6 Å². The van der Waals surface area contributed by atoms with Crippen molar-refractivity contribution in [3.05, 3.63) is 0 Å². The lowest BCUT2D eigenvalue weighted by Crippen LogP contribution is -2.39. The van der Waals surface area contributed by atoms with E-state index in [0.29, 0.717) is 0 Å². The first-order valence-electron chi connectivity index (χ1n) is 3.21. The van der Waals surface area contributed by atoms with Gasteiger partial charge in [-0.05, 0) is 0 Å². The van der Waals surface area contributed by atoms with Gasteiger partial charge < -0.3 is 10.8 Å². The van der Waals surface area contributed by atoms with Crippen LogP contribution in [0.4, 0.5) is 13.2 Å². The molecule has 0 aliphatic carbocycles. The van der Waals surface area contributed by atoms with E-state index in [1.54, 1.807) is 5.48 Å². The average Bonchev–Trinajstić information content (AvgIpc) is 1.95. The first-order valence-corrected chi connectivity index (χ1v) is 3.21. The van der Waals surface area contributed by atoms with Crippen molar-refractivity contribution < 1.29 is 27.9 Å². The molecule has 78 valence electrons. The molecule has 0 aliphatic rings. The molecule has 0 aromatic carbocycles. The van der Waals surface area contributed by atoms with Crippen molar-refractivity contribution in [2.45, 2.75) is 12.3 Å². The number of halogens is 3. The third-order valence-electron chi connectivity index (χ3n) is 0.971. The number of nitrogens with one attached hydrogen (secondary N) is 1. The van der Waals surface area contributed by atoms with E-state index in [1.807, 2.05) is 0 Å². The predicted molar refractivity (Wildman–Crippen MR) is 35.2 cm³/mol. The number of rotatable bonds is 5. The zero-order valence-corrected chi connectivity index (χ0v) is 6.47. The van der Waals surface area contributed by atoms with Crippen LogP contribution in [0.1, 0.15) is 0 Å². The van der Waals surface area contributed by atoms with Gasteiger partial charge in [-0.15, -0.1) is 0 Å². The Morgan fingerprint density at radius 1 is 1.62 bits per heavy atom. The number of hydrogen-bond acceptors (Lipinski definition) is 4. The minimum atomic E-state index is -4.71. The predicted octanol–water partition coefficient (Wildman–Crippen LogP) is -1.08. The summed E-state index contributed by atoms with van der Waals surface area (Å²) in [7, 11) is 0. The van der Waals surface area contributed by atoms with Crippen LogP contribution in [0, 0.1) is 0 Å². The van der Waals surface area contributed by atoms with Crippen LogP contribution in [0.5, 0.6) is 0 Å². The van der Waals surface area contributed by atoms with E-state index in [1.165, 1.54) is 0 Å². The van der Waals surface area contributed by atoms with E-state index in [9.17, 15) is 18.0 Å². The number of carbonyl (C=O) groups excluding carboxylic acids is 1. The lowest BCUT2D eigenvalue weighted by atomic mass is 10.3. The third-order valence-corrected chi connectivity index (χ3v) is 0.971. The fraction of sp³-hybridized carbons (Fsp3) is 0.800. The van der Waals surface area contributed by atoms with Crippen molar-refractivity contribution in [2.75, 3.05) is 13.2 Å². The maximum absolute atomic E-state index is 11.6. The molecule has 0 heterocycles. The number of carbonyl (C=O) groups is 1. The summed E-state index contributed by atoms with van der Waals surface area (Å²) in [5, 5.41) is 8.37. The highest BCUT2D eigenvalue weighted by molar-refractivity contribution is 5.74. The molecule has 8 heteroatoms. The summed E-state index contributed by atoms with van der Waals surface area (Å²) in [6.45, 7) is -1.40. The molecule has 0 aliphatic heterocycles. The van der Waals surface area contributed by atoms with Gasteiger partial charge in [-0.2, -0.15) is 18.7 Å². The first-order chi connectivity index (χ1) is 5.84. The van der Waals surface area contributed by atoms with Gasteiger partial charge in [0.15, 0.2) is 6.10 Å². The number of hydroxylamine groups is 1. The average molecular weight is 202 g/mol. The smallest absolute Gasteiger partial charge is 0.382 e.